The summed E-state index contributed by atoms with van der Waals surface area (Å²) in [5.41, 5.74) is 5.02. The Morgan fingerprint density at radius 1 is 1.05 bits per heavy atom. The van der Waals surface area contributed by atoms with Gasteiger partial charge in [-0.2, -0.15) is 0 Å². The molecule has 8 nitrogen and oxygen atoms in total. The first-order valence-electron chi connectivity index (χ1n) is 13.8. The molecule has 6 rings (SSSR count). The Kier molecular flexibility index (Phi) is 7.39. The number of ether oxygens (including phenoxy) is 3. The number of hydrogen-bond acceptors (Lipinski definition) is 7. The minimum Gasteiger partial charge on any atom is -0.497 e. The van der Waals surface area contributed by atoms with Crippen molar-refractivity contribution in [2.24, 2.45) is 5.92 Å². The predicted octanol–water partition coefficient (Wildman–Crippen LogP) is 5.46. The smallest absolute Gasteiger partial charge is 0.230 e. The third-order valence-electron chi connectivity index (χ3n) is 8.29. The van der Waals surface area contributed by atoms with Gasteiger partial charge < -0.3 is 29.3 Å². The molecule has 8 heteroatoms. The lowest BCUT2D eigenvalue weighted by Gasteiger charge is -2.36. The van der Waals surface area contributed by atoms with E-state index in [-0.39, 0.29) is 24.0 Å². The monoisotopic (exact) mass is 528 g/mol. The van der Waals surface area contributed by atoms with E-state index >= 15 is 0 Å². The van der Waals surface area contributed by atoms with E-state index in [0.29, 0.717) is 13.2 Å². The van der Waals surface area contributed by atoms with Crippen molar-refractivity contribution < 1.29 is 19.0 Å². The Morgan fingerprint density at radius 2 is 1.87 bits per heavy atom. The number of aromatic nitrogens is 1. The number of pyridine rings is 1. The Bertz CT molecular complexity index is 1310. The van der Waals surface area contributed by atoms with E-state index in [2.05, 4.69) is 45.5 Å². The standard InChI is InChI=1S/C31H36N4O4/c1-37-25-10-5-21(6-11-25)29-20-34(16-17-39-29)24-9-14-27-28(18-24)35(19-23-4-3-15-32-30(23)33-27)31(36)22-7-12-26(38-2)13-8-22/h3-6,9-11,14-15,18,22,26,29H,7-8,12-13,16-17,19-20H2,1-2H3,(H,32,33). The number of anilines is 4. The number of rotatable bonds is 5. The number of nitrogens with one attached hydrogen (secondary N) is 1. The van der Waals surface area contributed by atoms with Crippen LogP contribution in [0.3, 0.4) is 0 Å². The van der Waals surface area contributed by atoms with Gasteiger partial charge in [-0.05, 0) is 67.6 Å². The van der Waals surface area contributed by atoms with Gasteiger partial charge in [-0.1, -0.05) is 18.2 Å². The van der Waals surface area contributed by atoms with Crippen LogP contribution in [-0.2, 0) is 20.8 Å². The average Bonchev–Trinajstić information content (AvgIpc) is 3.17. The van der Waals surface area contributed by atoms with Crippen molar-refractivity contribution in [3.8, 4) is 5.75 Å². The molecule has 1 saturated carbocycles. The molecular formula is C31H36N4O4. The lowest BCUT2D eigenvalue weighted by atomic mass is 9.86. The molecule has 1 aliphatic carbocycles. The maximum atomic E-state index is 14.0. The van der Waals surface area contributed by atoms with Gasteiger partial charge in [-0.3, -0.25) is 4.79 Å². The van der Waals surface area contributed by atoms with Gasteiger partial charge in [-0.15, -0.1) is 0 Å². The number of benzene rings is 2. The van der Waals surface area contributed by atoms with Crippen LogP contribution in [0.5, 0.6) is 5.75 Å². The second kappa shape index (κ2) is 11.2. The van der Waals surface area contributed by atoms with E-state index in [1.54, 1.807) is 20.4 Å². The molecule has 3 heterocycles. The molecule has 2 aliphatic heterocycles. The van der Waals surface area contributed by atoms with Crippen LogP contribution < -0.4 is 19.9 Å². The zero-order valence-corrected chi connectivity index (χ0v) is 22.6. The number of nitrogens with zero attached hydrogens (tertiary/aromatic N) is 3. The topological polar surface area (TPSA) is 76.2 Å². The summed E-state index contributed by atoms with van der Waals surface area (Å²) in [7, 11) is 3.44. The number of methoxy groups -OCH3 is 2. The summed E-state index contributed by atoms with van der Waals surface area (Å²) in [6.07, 6.45) is 5.55. The third kappa shape index (κ3) is 5.31. The van der Waals surface area contributed by atoms with E-state index in [9.17, 15) is 4.79 Å². The van der Waals surface area contributed by atoms with Crippen molar-refractivity contribution in [3.63, 3.8) is 0 Å². The van der Waals surface area contributed by atoms with Gasteiger partial charge in [0.25, 0.3) is 0 Å². The van der Waals surface area contributed by atoms with Crippen molar-refractivity contribution in [2.75, 3.05) is 49.0 Å². The average molecular weight is 529 g/mol. The molecule has 1 aromatic heterocycles. The largest absolute Gasteiger partial charge is 0.497 e. The van der Waals surface area contributed by atoms with Gasteiger partial charge in [0, 0.05) is 43.6 Å². The number of carbonyl (C=O) groups is 1. The number of amides is 1. The fourth-order valence-electron chi connectivity index (χ4n) is 5.97. The van der Waals surface area contributed by atoms with E-state index in [4.69, 9.17) is 14.2 Å². The Morgan fingerprint density at radius 3 is 2.64 bits per heavy atom. The van der Waals surface area contributed by atoms with Crippen LogP contribution in [0.4, 0.5) is 22.9 Å². The van der Waals surface area contributed by atoms with Crippen molar-refractivity contribution in [2.45, 2.75) is 44.4 Å². The van der Waals surface area contributed by atoms with Gasteiger partial charge in [0.15, 0.2) is 0 Å². The zero-order valence-electron chi connectivity index (χ0n) is 22.6. The molecule has 2 fully saturated rings. The minimum absolute atomic E-state index is 0.00559. The SMILES string of the molecule is COc1ccc(C2CN(c3ccc4c(c3)N(C(=O)C3CCC(OC)CC3)Cc3cccnc3N4)CCO2)cc1. The molecule has 0 spiro atoms. The van der Waals surface area contributed by atoms with E-state index in [1.165, 1.54) is 0 Å². The quantitative estimate of drug-likeness (QED) is 0.471. The summed E-state index contributed by atoms with van der Waals surface area (Å²) < 4.78 is 17.0. The van der Waals surface area contributed by atoms with Gasteiger partial charge in [-0.25, -0.2) is 4.98 Å². The molecule has 3 aromatic rings. The highest BCUT2D eigenvalue weighted by Gasteiger charge is 2.33. The summed E-state index contributed by atoms with van der Waals surface area (Å²) in [5.74, 6) is 1.81. The number of carbonyl (C=O) groups excluding carboxylic acids is 1. The van der Waals surface area contributed by atoms with E-state index in [1.807, 2.05) is 29.2 Å². The van der Waals surface area contributed by atoms with Gasteiger partial charge >= 0.3 is 0 Å². The van der Waals surface area contributed by atoms with Crippen LogP contribution in [0.1, 0.15) is 42.9 Å². The second-order valence-corrected chi connectivity index (χ2v) is 10.5. The van der Waals surface area contributed by atoms with Crippen LogP contribution in [0.25, 0.3) is 0 Å². The molecule has 1 atom stereocenters. The molecular weight excluding hydrogens is 492 g/mol. The van der Waals surface area contributed by atoms with E-state index < -0.39 is 0 Å². The van der Waals surface area contributed by atoms with Crippen LogP contribution in [-0.4, -0.2) is 50.9 Å². The number of hydrogen-bond donors (Lipinski definition) is 1. The number of fused-ring (bicyclic) bond motifs is 2. The molecule has 1 N–H and O–H groups in total. The van der Waals surface area contributed by atoms with Gasteiger partial charge in [0.1, 0.15) is 17.7 Å². The first-order chi connectivity index (χ1) is 19.1. The maximum Gasteiger partial charge on any atom is 0.230 e. The Hall–Kier alpha value is -3.62. The summed E-state index contributed by atoms with van der Waals surface area (Å²) >= 11 is 0. The summed E-state index contributed by atoms with van der Waals surface area (Å²) in [4.78, 5) is 22.9. The van der Waals surface area contributed by atoms with Crippen molar-refractivity contribution in [1.82, 2.24) is 4.98 Å². The molecule has 0 radical (unpaired) electrons. The fourth-order valence-corrected chi connectivity index (χ4v) is 5.97. The molecule has 1 amide bonds. The summed E-state index contributed by atoms with van der Waals surface area (Å²) in [5, 5.41) is 3.50. The molecule has 204 valence electrons. The fraction of sp³-hybridized carbons (Fsp3) is 0.419. The van der Waals surface area contributed by atoms with Gasteiger partial charge in [0.2, 0.25) is 5.91 Å². The highest BCUT2D eigenvalue weighted by molar-refractivity contribution is 6.00. The molecule has 1 unspecified atom stereocenters. The Labute approximate surface area is 229 Å². The van der Waals surface area contributed by atoms with Crippen LogP contribution in [0.15, 0.2) is 60.8 Å². The van der Waals surface area contributed by atoms with Crippen molar-refractivity contribution in [1.29, 1.82) is 0 Å². The third-order valence-corrected chi connectivity index (χ3v) is 8.29. The normalized spacial score (nSPS) is 22.8. The highest BCUT2D eigenvalue weighted by Crippen LogP contribution is 2.40. The predicted molar refractivity (Wildman–Crippen MR) is 152 cm³/mol. The summed E-state index contributed by atoms with van der Waals surface area (Å²) in [6.45, 7) is 2.64. The van der Waals surface area contributed by atoms with E-state index in [0.717, 1.165) is 78.5 Å². The molecule has 3 aliphatic rings. The van der Waals surface area contributed by atoms with Crippen molar-refractivity contribution in [3.05, 3.63) is 71.9 Å². The van der Waals surface area contributed by atoms with Gasteiger partial charge in [0.05, 0.1) is 37.7 Å². The lowest BCUT2D eigenvalue weighted by Crippen LogP contribution is -2.39. The highest BCUT2D eigenvalue weighted by atomic mass is 16.5. The minimum atomic E-state index is -0.0382. The van der Waals surface area contributed by atoms with Crippen molar-refractivity contribution >= 4 is 28.8 Å². The van der Waals surface area contributed by atoms with Crippen LogP contribution in [0, 0.1) is 5.92 Å². The molecule has 2 aromatic carbocycles. The molecule has 0 bridgehead atoms. The zero-order chi connectivity index (χ0) is 26.8. The molecule has 1 saturated heterocycles. The second-order valence-electron chi connectivity index (χ2n) is 10.5. The van der Waals surface area contributed by atoms with Crippen LogP contribution >= 0.6 is 0 Å². The molecule has 39 heavy (non-hydrogen) atoms. The first kappa shape index (κ1) is 25.6. The number of morpholine rings is 1. The summed E-state index contributed by atoms with van der Waals surface area (Å²) in [6, 6.07) is 18.4. The van der Waals surface area contributed by atoms with Crippen LogP contribution in [0.2, 0.25) is 0 Å². The first-order valence-corrected chi connectivity index (χ1v) is 13.8. The maximum absolute atomic E-state index is 14.0. The Balaban J connectivity index is 1.29. The lowest BCUT2D eigenvalue weighted by molar-refractivity contribution is -0.124.